The zero-order chi connectivity index (χ0) is 31.8. The third-order valence-electron chi connectivity index (χ3n) is 7.65. The Hall–Kier alpha value is -4.45. The molecule has 230 valence electrons. The lowest BCUT2D eigenvalue weighted by atomic mass is 9.68. The number of alkyl halides is 3. The van der Waals surface area contributed by atoms with Crippen LogP contribution in [0.5, 0.6) is 0 Å². The summed E-state index contributed by atoms with van der Waals surface area (Å²) in [5.41, 5.74) is 5.70. The second kappa shape index (κ2) is 12.3. The Balaban J connectivity index is 1.82. The number of thiophene rings is 1. The van der Waals surface area contributed by atoms with Gasteiger partial charge in [0.15, 0.2) is 5.78 Å². The Morgan fingerprint density at radius 3 is 2.27 bits per heavy atom. The molecule has 1 aromatic heterocycles. The first-order valence-electron chi connectivity index (χ1n) is 13.8. The number of allylic oxidation sites excluding steroid dienone is 2. The van der Waals surface area contributed by atoms with Crippen molar-refractivity contribution in [2.75, 3.05) is 18.1 Å². The molecule has 3 aromatic rings. The number of carbonyl (C=O) groups excluding carboxylic acids is 3. The minimum atomic E-state index is -4.61. The number of nitrogens with two attached hydrogens (primary N) is 1. The van der Waals surface area contributed by atoms with Gasteiger partial charge in [0, 0.05) is 33.3 Å². The van der Waals surface area contributed by atoms with Gasteiger partial charge in [0.1, 0.15) is 17.6 Å². The first-order valence-corrected chi connectivity index (χ1v) is 14.7. The standard InChI is InChI=1S/C32H28F4N2O5S/c1-3-42-30(40)25-20(23-10-7-15-44-23)16-22-26(28(25)39)24(19-8-5-6-9-21(19)33)27(31(41)43-4-2)29(37)38(22)18-13-11-17(12-14-18)32(34,35)36/h5-15,20,24-25H,3-4,16,37H2,1-2H3/t20-,24+,25+/m1/s1. The van der Waals surface area contributed by atoms with E-state index in [2.05, 4.69) is 0 Å². The van der Waals surface area contributed by atoms with Gasteiger partial charge in [-0.2, -0.15) is 13.2 Å². The predicted octanol–water partition coefficient (Wildman–Crippen LogP) is 6.43. The van der Waals surface area contributed by atoms with E-state index in [1.807, 2.05) is 0 Å². The van der Waals surface area contributed by atoms with Gasteiger partial charge in [-0.05, 0) is 62.0 Å². The molecule has 2 aliphatic rings. The van der Waals surface area contributed by atoms with Gasteiger partial charge in [0.2, 0.25) is 0 Å². The van der Waals surface area contributed by atoms with Gasteiger partial charge in [0.05, 0.1) is 30.3 Å². The van der Waals surface area contributed by atoms with Crippen LogP contribution < -0.4 is 10.6 Å². The molecule has 0 radical (unpaired) electrons. The first kappa shape index (κ1) is 31.0. The maximum atomic E-state index is 15.5. The lowest BCUT2D eigenvalue weighted by molar-refractivity contribution is -0.152. The fraction of sp³-hybridized carbons (Fsp3) is 0.281. The number of anilines is 1. The van der Waals surface area contributed by atoms with Crippen molar-refractivity contribution in [3.05, 3.63) is 111 Å². The number of hydrogen-bond donors (Lipinski definition) is 1. The van der Waals surface area contributed by atoms with Crippen LogP contribution in [0.4, 0.5) is 23.2 Å². The summed E-state index contributed by atoms with van der Waals surface area (Å²) >= 11 is 1.32. The molecule has 7 nitrogen and oxygen atoms in total. The molecule has 0 unspecified atom stereocenters. The molecule has 0 saturated carbocycles. The molecule has 0 saturated heterocycles. The number of rotatable bonds is 7. The molecule has 1 aliphatic carbocycles. The van der Waals surface area contributed by atoms with Gasteiger partial charge >= 0.3 is 18.1 Å². The third kappa shape index (κ3) is 5.49. The molecule has 0 amide bonds. The molecule has 1 aliphatic heterocycles. The predicted molar refractivity (Wildman–Crippen MR) is 155 cm³/mol. The monoisotopic (exact) mass is 628 g/mol. The minimum Gasteiger partial charge on any atom is -0.465 e. The summed E-state index contributed by atoms with van der Waals surface area (Å²) in [6.45, 7) is 3.09. The molecule has 5 rings (SSSR count). The number of esters is 2. The fourth-order valence-electron chi connectivity index (χ4n) is 5.82. The van der Waals surface area contributed by atoms with E-state index in [-0.39, 0.29) is 53.5 Å². The summed E-state index contributed by atoms with van der Waals surface area (Å²) in [4.78, 5) is 43.5. The van der Waals surface area contributed by atoms with Crippen molar-refractivity contribution in [2.45, 2.75) is 38.3 Å². The van der Waals surface area contributed by atoms with Gasteiger partial charge in [0.25, 0.3) is 0 Å². The Labute approximate surface area is 254 Å². The Bertz CT molecular complexity index is 1650. The van der Waals surface area contributed by atoms with Crippen molar-refractivity contribution in [1.82, 2.24) is 0 Å². The summed E-state index contributed by atoms with van der Waals surface area (Å²) in [6.07, 6.45) is -4.61. The number of hydrogen-bond acceptors (Lipinski definition) is 8. The van der Waals surface area contributed by atoms with Crippen LogP contribution in [0, 0.1) is 11.7 Å². The maximum Gasteiger partial charge on any atom is 0.416 e. The Morgan fingerprint density at radius 2 is 1.68 bits per heavy atom. The normalized spacial score (nSPS) is 20.5. The van der Waals surface area contributed by atoms with Crippen molar-refractivity contribution in [2.24, 2.45) is 11.7 Å². The lowest BCUT2D eigenvalue weighted by Gasteiger charge is -2.43. The number of ether oxygens (including phenoxy) is 2. The highest BCUT2D eigenvalue weighted by molar-refractivity contribution is 7.10. The van der Waals surface area contributed by atoms with E-state index in [4.69, 9.17) is 15.2 Å². The molecular weight excluding hydrogens is 600 g/mol. The maximum absolute atomic E-state index is 15.5. The van der Waals surface area contributed by atoms with Gasteiger partial charge in [-0.15, -0.1) is 11.3 Å². The van der Waals surface area contributed by atoms with Gasteiger partial charge < -0.3 is 15.2 Å². The first-order chi connectivity index (χ1) is 21.0. The number of nitrogens with zero attached hydrogens (tertiary/aromatic N) is 1. The van der Waals surface area contributed by atoms with E-state index < -0.39 is 53.0 Å². The summed E-state index contributed by atoms with van der Waals surface area (Å²) in [7, 11) is 0. The van der Waals surface area contributed by atoms with E-state index in [9.17, 15) is 27.6 Å². The number of ketones is 1. The molecular formula is C32H28F4N2O5S. The van der Waals surface area contributed by atoms with E-state index in [1.165, 1.54) is 52.6 Å². The molecule has 0 bridgehead atoms. The van der Waals surface area contributed by atoms with Crippen LogP contribution in [0.15, 0.2) is 88.7 Å². The van der Waals surface area contributed by atoms with Crippen LogP contribution in [0.25, 0.3) is 0 Å². The number of Topliss-reactive ketones (excluding diaryl/α,β-unsaturated/α-hetero) is 1. The van der Waals surface area contributed by atoms with Crippen LogP contribution >= 0.6 is 11.3 Å². The number of halogens is 4. The molecule has 0 spiro atoms. The summed E-state index contributed by atoms with van der Waals surface area (Å²) in [5, 5.41) is 1.79. The summed E-state index contributed by atoms with van der Waals surface area (Å²) < 4.78 is 66.4. The van der Waals surface area contributed by atoms with E-state index in [0.29, 0.717) is 4.88 Å². The fourth-order valence-corrected chi connectivity index (χ4v) is 6.69. The largest absolute Gasteiger partial charge is 0.465 e. The van der Waals surface area contributed by atoms with Crippen molar-refractivity contribution in [1.29, 1.82) is 0 Å². The second-order valence-electron chi connectivity index (χ2n) is 10.1. The zero-order valence-electron chi connectivity index (χ0n) is 23.7. The van der Waals surface area contributed by atoms with Crippen molar-refractivity contribution >= 4 is 34.7 Å². The smallest absolute Gasteiger partial charge is 0.416 e. The van der Waals surface area contributed by atoms with Crippen LogP contribution in [-0.2, 0) is 30.0 Å². The van der Waals surface area contributed by atoms with E-state index in [1.54, 1.807) is 31.4 Å². The lowest BCUT2D eigenvalue weighted by Crippen LogP contribution is -2.46. The van der Waals surface area contributed by atoms with Crippen LogP contribution in [0.3, 0.4) is 0 Å². The molecule has 3 atom stereocenters. The minimum absolute atomic E-state index is 0.00102. The average Bonchev–Trinajstić information content (AvgIpc) is 3.52. The summed E-state index contributed by atoms with van der Waals surface area (Å²) in [6, 6.07) is 13.2. The molecule has 2 N–H and O–H groups in total. The zero-order valence-corrected chi connectivity index (χ0v) is 24.5. The number of benzene rings is 2. The topological polar surface area (TPSA) is 98.9 Å². The average molecular weight is 629 g/mol. The van der Waals surface area contributed by atoms with Gasteiger partial charge in [-0.1, -0.05) is 24.3 Å². The molecule has 12 heteroatoms. The van der Waals surface area contributed by atoms with E-state index in [0.717, 1.165) is 12.1 Å². The van der Waals surface area contributed by atoms with Crippen LogP contribution in [0.2, 0.25) is 0 Å². The highest BCUT2D eigenvalue weighted by atomic mass is 32.1. The highest BCUT2D eigenvalue weighted by Gasteiger charge is 2.52. The van der Waals surface area contributed by atoms with Crippen molar-refractivity contribution in [3.63, 3.8) is 0 Å². The molecule has 0 fully saturated rings. The van der Waals surface area contributed by atoms with E-state index >= 15 is 4.39 Å². The Morgan fingerprint density at radius 1 is 1.00 bits per heavy atom. The third-order valence-corrected chi connectivity index (χ3v) is 8.66. The van der Waals surface area contributed by atoms with Gasteiger partial charge in [-0.25, -0.2) is 9.18 Å². The SMILES string of the molecule is CCOC(=O)C1=C(N)N(c2ccc(C(F)(F)F)cc2)C2=C(C(=O)[C@@H](C(=O)OCC)[C@@H](c3cccs3)C2)[C@@H]1c1ccccc1F. The summed E-state index contributed by atoms with van der Waals surface area (Å²) in [5.74, 6) is -6.83. The van der Waals surface area contributed by atoms with Crippen LogP contribution in [0.1, 0.15) is 48.1 Å². The number of carbonyl (C=O) groups is 3. The molecule has 2 heterocycles. The highest BCUT2D eigenvalue weighted by Crippen LogP contribution is 2.52. The van der Waals surface area contributed by atoms with Crippen molar-refractivity contribution in [3.8, 4) is 0 Å². The van der Waals surface area contributed by atoms with Crippen LogP contribution in [-0.4, -0.2) is 30.9 Å². The van der Waals surface area contributed by atoms with Gasteiger partial charge in [-0.3, -0.25) is 14.5 Å². The molecule has 44 heavy (non-hydrogen) atoms. The van der Waals surface area contributed by atoms with Crippen molar-refractivity contribution < 1.29 is 41.4 Å². The molecule has 2 aromatic carbocycles. The second-order valence-corrected chi connectivity index (χ2v) is 11.1. The Kier molecular flexibility index (Phi) is 8.64. The quantitative estimate of drug-likeness (QED) is 0.183.